The van der Waals surface area contributed by atoms with Crippen LogP contribution in [0.15, 0.2) is 24.3 Å². The summed E-state index contributed by atoms with van der Waals surface area (Å²) in [5.74, 6) is -0.0188. The molecule has 1 aromatic rings. The number of nitrogens with one attached hydrogen (secondary N) is 2. The Morgan fingerprint density at radius 2 is 2.31 bits per heavy atom. The van der Waals surface area contributed by atoms with Crippen LogP contribution in [0.1, 0.15) is 5.56 Å². The van der Waals surface area contributed by atoms with Gasteiger partial charge in [0.1, 0.15) is 5.82 Å². The highest BCUT2D eigenvalue weighted by atomic mass is 19.1. The summed E-state index contributed by atoms with van der Waals surface area (Å²) in [5.41, 5.74) is 0.909. The van der Waals surface area contributed by atoms with Crippen LogP contribution in [0.3, 0.4) is 0 Å². The van der Waals surface area contributed by atoms with Crippen LogP contribution in [0.2, 0.25) is 0 Å². The van der Waals surface area contributed by atoms with Crippen LogP contribution in [0.4, 0.5) is 4.39 Å². The lowest BCUT2D eigenvalue weighted by Gasteiger charge is -2.25. The third-order valence-corrected chi connectivity index (χ3v) is 2.75. The lowest BCUT2D eigenvalue weighted by Crippen LogP contribution is -2.51. The quantitative estimate of drug-likeness (QED) is 0.787. The molecule has 1 aromatic carbocycles. The predicted octanol–water partition coefficient (Wildman–Crippen LogP) is 0.704. The van der Waals surface area contributed by atoms with E-state index in [1.165, 1.54) is 12.1 Å². The van der Waals surface area contributed by atoms with Crippen molar-refractivity contribution in [1.29, 1.82) is 0 Å². The number of hydrogen-bond donors (Lipinski definition) is 2. The standard InChI is InChI=1S/C12H15FN2O/c13-11-3-1-2-9(6-11)4-5-15-12(16)10-7-14-8-10/h1-3,6,10,14H,4-5,7-8H2,(H,15,16). The molecule has 2 N–H and O–H groups in total. The van der Waals surface area contributed by atoms with E-state index in [-0.39, 0.29) is 17.6 Å². The number of amides is 1. The van der Waals surface area contributed by atoms with Gasteiger partial charge in [-0.05, 0) is 24.1 Å². The molecule has 0 radical (unpaired) electrons. The molecule has 1 amide bonds. The molecule has 3 nitrogen and oxygen atoms in total. The maximum atomic E-state index is 12.8. The Labute approximate surface area is 94.0 Å². The largest absolute Gasteiger partial charge is 0.355 e. The molecule has 0 bridgehead atoms. The van der Waals surface area contributed by atoms with Gasteiger partial charge in [-0.1, -0.05) is 12.1 Å². The fourth-order valence-electron chi connectivity index (χ4n) is 1.64. The van der Waals surface area contributed by atoms with Gasteiger partial charge in [0.25, 0.3) is 0 Å². The second-order valence-corrected chi connectivity index (χ2v) is 4.03. The highest BCUT2D eigenvalue weighted by Gasteiger charge is 2.23. The van der Waals surface area contributed by atoms with Gasteiger partial charge in [-0.25, -0.2) is 4.39 Å². The van der Waals surface area contributed by atoms with E-state index in [2.05, 4.69) is 10.6 Å². The summed E-state index contributed by atoms with van der Waals surface area (Å²) < 4.78 is 12.8. The number of halogens is 1. The van der Waals surface area contributed by atoms with Crippen LogP contribution in [0.25, 0.3) is 0 Å². The van der Waals surface area contributed by atoms with Crippen LogP contribution in [0, 0.1) is 11.7 Å². The molecule has 0 atom stereocenters. The molecule has 1 aliphatic rings. The van der Waals surface area contributed by atoms with Gasteiger partial charge in [-0.3, -0.25) is 4.79 Å². The van der Waals surface area contributed by atoms with E-state index < -0.39 is 0 Å². The summed E-state index contributed by atoms with van der Waals surface area (Å²) in [5, 5.41) is 5.90. The van der Waals surface area contributed by atoms with Gasteiger partial charge in [-0.2, -0.15) is 0 Å². The minimum atomic E-state index is -0.230. The Bertz CT molecular complexity index is 377. The molecule has 0 spiro atoms. The van der Waals surface area contributed by atoms with Crippen molar-refractivity contribution < 1.29 is 9.18 Å². The van der Waals surface area contributed by atoms with Gasteiger partial charge in [0.2, 0.25) is 5.91 Å². The predicted molar refractivity (Wildman–Crippen MR) is 59.5 cm³/mol. The third kappa shape index (κ3) is 2.79. The van der Waals surface area contributed by atoms with Gasteiger partial charge in [0.05, 0.1) is 5.92 Å². The van der Waals surface area contributed by atoms with E-state index in [4.69, 9.17) is 0 Å². The first-order valence-electron chi connectivity index (χ1n) is 5.48. The molecule has 0 unspecified atom stereocenters. The van der Waals surface area contributed by atoms with Crippen LogP contribution >= 0.6 is 0 Å². The summed E-state index contributed by atoms with van der Waals surface area (Å²) in [7, 11) is 0. The molecule has 2 rings (SSSR count). The average Bonchev–Trinajstić information content (AvgIpc) is 2.15. The highest BCUT2D eigenvalue weighted by Crippen LogP contribution is 2.05. The second kappa shape index (κ2) is 5.07. The first-order chi connectivity index (χ1) is 7.75. The molecule has 1 heterocycles. The number of rotatable bonds is 4. The van der Waals surface area contributed by atoms with Crippen molar-refractivity contribution in [3.63, 3.8) is 0 Å². The molecule has 1 fully saturated rings. The SMILES string of the molecule is O=C(NCCc1cccc(F)c1)C1CNC1. The number of carbonyl (C=O) groups is 1. The Balaban J connectivity index is 1.73. The van der Waals surface area contributed by atoms with E-state index in [9.17, 15) is 9.18 Å². The molecular formula is C12H15FN2O. The van der Waals surface area contributed by atoms with Crippen molar-refractivity contribution in [2.75, 3.05) is 19.6 Å². The Hall–Kier alpha value is -1.42. The van der Waals surface area contributed by atoms with Crippen LogP contribution in [-0.4, -0.2) is 25.5 Å². The van der Waals surface area contributed by atoms with Crippen molar-refractivity contribution in [2.24, 2.45) is 5.92 Å². The van der Waals surface area contributed by atoms with E-state index in [0.717, 1.165) is 18.7 Å². The van der Waals surface area contributed by atoms with Gasteiger partial charge in [-0.15, -0.1) is 0 Å². The third-order valence-electron chi connectivity index (χ3n) is 2.75. The summed E-state index contributed by atoms with van der Waals surface area (Å²) in [6.45, 7) is 2.11. The summed E-state index contributed by atoms with van der Waals surface area (Å²) in [6, 6.07) is 6.46. The van der Waals surface area contributed by atoms with Crippen LogP contribution in [0.5, 0.6) is 0 Å². The van der Waals surface area contributed by atoms with Crippen molar-refractivity contribution in [2.45, 2.75) is 6.42 Å². The van der Waals surface area contributed by atoms with Crippen molar-refractivity contribution in [3.8, 4) is 0 Å². The Morgan fingerprint density at radius 1 is 1.50 bits per heavy atom. The van der Waals surface area contributed by atoms with E-state index >= 15 is 0 Å². The van der Waals surface area contributed by atoms with Crippen LogP contribution < -0.4 is 10.6 Å². The van der Waals surface area contributed by atoms with Gasteiger partial charge in [0, 0.05) is 19.6 Å². The average molecular weight is 222 g/mol. The topological polar surface area (TPSA) is 41.1 Å². The zero-order valence-electron chi connectivity index (χ0n) is 9.00. The number of carbonyl (C=O) groups excluding carboxylic acids is 1. The van der Waals surface area contributed by atoms with Gasteiger partial charge >= 0.3 is 0 Å². The molecule has 16 heavy (non-hydrogen) atoms. The Morgan fingerprint density at radius 3 is 2.94 bits per heavy atom. The van der Waals surface area contributed by atoms with E-state index in [1.54, 1.807) is 6.07 Å². The van der Waals surface area contributed by atoms with Crippen molar-refractivity contribution in [1.82, 2.24) is 10.6 Å². The fraction of sp³-hybridized carbons (Fsp3) is 0.417. The molecule has 1 aliphatic heterocycles. The van der Waals surface area contributed by atoms with Crippen LogP contribution in [-0.2, 0) is 11.2 Å². The molecule has 1 saturated heterocycles. The Kier molecular flexibility index (Phi) is 3.51. The molecule has 0 aromatic heterocycles. The molecule has 86 valence electrons. The molecular weight excluding hydrogens is 207 g/mol. The monoisotopic (exact) mass is 222 g/mol. The molecule has 0 aliphatic carbocycles. The van der Waals surface area contributed by atoms with Crippen molar-refractivity contribution in [3.05, 3.63) is 35.6 Å². The fourth-order valence-corrected chi connectivity index (χ4v) is 1.64. The summed E-state index contributed by atoms with van der Waals surface area (Å²) >= 11 is 0. The second-order valence-electron chi connectivity index (χ2n) is 4.03. The number of hydrogen-bond acceptors (Lipinski definition) is 2. The number of benzene rings is 1. The molecule has 0 saturated carbocycles. The van der Waals surface area contributed by atoms with Gasteiger partial charge < -0.3 is 10.6 Å². The highest BCUT2D eigenvalue weighted by molar-refractivity contribution is 5.79. The normalized spacial score (nSPS) is 15.6. The zero-order valence-corrected chi connectivity index (χ0v) is 9.00. The first kappa shape index (κ1) is 11.1. The molecule has 4 heteroatoms. The van der Waals surface area contributed by atoms with E-state index in [0.29, 0.717) is 13.0 Å². The minimum absolute atomic E-state index is 0.0927. The van der Waals surface area contributed by atoms with Gasteiger partial charge in [0.15, 0.2) is 0 Å². The minimum Gasteiger partial charge on any atom is -0.355 e. The summed E-state index contributed by atoms with van der Waals surface area (Å²) in [4.78, 5) is 11.5. The lowest BCUT2D eigenvalue weighted by atomic mass is 10.0. The lowest BCUT2D eigenvalue weighted by molar-refractivity contribution is -0.126. The zero-order chi connectivity index (χ0) is 11.4. The summed E-state index contributed by atoms with van der Waals surface area (Å²) in [6.07, 6.45) is 0.670. The smallest absolute Gasteiger partial charge is 0.225 e. The first-order valence-corrected chi connectivity index (χ1v) is 5.48. The van der Waals surface area contributed by atoms with E-state index in [1.807, 2.05) is 6.07 Å². The van der Waals surface area contributed by atoms with Crippen molar-refractivity contribution >= 4 is 5.91 Å². The maximum Gasteiger partial charge on any atom is 0.225 e. The maximum absolute atomic E-state index is 12.8.